The minimum absolute atomic E-state index is 0. The Morgan fingerprint density at radius 1 is 1.05 bits per heavy atom. The molecule has 0 aliphatic carbocycles. The first-order valence-electron chi connectivity index (χ1n) is 6.65. The number of hydrogen-bond donors (Lipinski definition) is 1. The quantitative estimate of drug-likeness (QED) is 0.863. The van der Waals surface area contributed by atoms with Crippen LogP contribution < -0.4 is 15.0 Å². The largest absolute Gasteiger partial charge is 0.492 e. The van der Waals surface area contributed by atoms with Crippen molar-refractivity contribution < 1.29 is 4.74 Å². The van der Waals surface area contributed by atoms with E-state index in [1.165, 1.54) is 43.6 Å². The van der Waals surface area contributed by atoms with E-state index in [1.54, 1.807) is 0 Å². The van der Waals surface area contributed by atoms with Crippen LogP contribution in [0.1, 0.15) is 24.8 Å². The Bertz CT molecular complexity index is 395. The molecule has 3 nitrogen and oxygen atoms in total. The van der Waals surface area contributed by atoms with Crippen molar-refractivity contribution in [2.75, 3.05) is 31.1 Å². The van der Waals surface area contributed by atoms with Gasteiger partial charge in [0.1, 0.15) is 12.4 Å². The predicted molar refractivity (Wildman–Crippen MR) is 84.2 cm³/mol. The molecule has 0 spiro atoms. The number of benzene rings is 1. The molecule has 0 radical (unpaired) electrons. The second-order valence-electron chi connectivity index (χ2n) is 4.86. The fraction of sp³-hybridized carbons (Fsp3) is 0.571. The van der Waals surface area contributed by atoms with Gasteiger partial charge in [-0.1, -0.05) is 6.07 Å². The minimum atomic E-state index is 0. The Labute approximate surface area is 127 Å². The van der Waals surface area contributed by atoms with Crippen LogP contribution in [0.15, 0.2) is 18.2 Å². The number of ether oxygens (including phenoxy) is 1. The summed E-state index contributed by atoms with van der Waals surface area (Å²) in [5, 5.41) is 3.36. The zero-order chi connectivity index (χ0) is 11.5. The minimum Gasteiger partial charge on any atom is -0.492 e. The normalized spacial score (nSPS) is 18.2. The third-order valence-electron chi connectivity index (χ3n) is 3.62. The highest BCUT2D eigenvalue weighted by Gasteiger charge is 2.14. The van der Waals surface area contributed by atoms with Gasteiger partial charge in [-0.2, -0.15) is 0 Å². The van der Waals surface area contributed by atoms with Crippen molar-refractivity contribution in [3.05, 3.63) is 23.8 Å². The van der Waals surface area contributed by atoms with Crippen molar-refractivity contribution in [3.63, 3.8) is 0 Å². The third-order valence-corrected chi connectivity index (χ3v) is 3.62. The third kappa shape index (κ3) is 3.91. The van der Waals surface area contributed by atoms with Crippen LogP contribution in [-0.4, -0.2) is 26.2 Å². The summed E-state index contributed by atoms with van der Waals surface area (Å²) < 4.78 is 5.79. The first-order valence-corrected chi connectivity index (χ1v) is 6.65. The molecule has 3 rings (SSSR count). The lowest BCUT2D eigenvalue weighted by Crippen LogP contribution is -2.29. The van der Waals surface area contributed by atoms with E-state index >= 15 is 0 Å². The van der Waals surface area contributed by atoms with Gasteiger partial charge < -0.3 is 15.0 Å². The Kier molecular flexibility index (Phi) is 6.76. The molecule has 0 atom stereocenters. The zero-order valence-corrected chi connectivity index (χ0v) is 12.7. The fourth-order valence-electron chi connectivity index (χ4n) is 2.63. The maximum Gasteiger partial charge on any atom is 0.125 e. The molecule has 0 amide bonds. The summed E-state index contributed by atoms with van der Waals surface area (Å²) in [5.74, 6) is 1.07. The molecular weight excluding hydrogens is 283 g/mol. The van der Waals surface area contributed by atoms with Crippen LogP contribution in [0.3, 0.4) is 0 Å². The average Bonchev–Trinajstić information content (AvgIpc) is 2.64. The summed E-state index contributed by atoms with van der Waals surface area (Å²) in [6.07, 6.45) is 4.01. The second kappa shape index (κ2) is 7.83. The van der Waals surface area contributed by atoms with Crippen molar-refractivity contribution in [1.82, 2.24) is 5.32 Å². The monoisotopic (exact) mass is 304 g/mol. The van der Waals surface area contributed by atoms with Crippen LogP contribution in [0.5, 0.6) is 5.75 Å². The van der Waals surface area contributed by atoms with E-state index in [9.17, 15) is 0 Å². The summed E-state index contributed by atoms with van der Waals surface area (Å²) in [5.41, 5.74) is 2.61. The lowest BCUT2D eigenvalue weighted by atomic mass is 10.1. The van der Waals surface area contributed by atoms with E-state index in [2.05, 4.69) is 28.4 Å². The molecule has 0 aromatic heterocycles. The topological polar surface area (TPSA) is 24.5 Å². The van der Waals surface area contributed by atoms with Crippen molar-refractivity contribution in [2.24, 2.45) is 0 Å². The Morgan fingerprint density at radius 2 is 1.84 bits per heavy atom. The van der Waals surface area contributed by atoms with Crippen molar-refractivity contribution in [1.29, 1.82) is 0 Å². The summed E-state index contributed by atoms with van der Waals surface area (Å²) in [6, 6.07) is 6.66. The molecule has 2 heterocycles. The van der Waals surface area contributed by atoms with Crippen LogP contribution in [0.25, 0.3) is 0 Å². The summed E-state index contributed by atoms with van der Waals surface area (Å²) >= 11 is 0. The molecule has 1 aromatic rings. The van der Waals surface area contributed by atoms with Crippen molar-refractivity contribution in [3.8, 4) is 5.75 Å². The first-order chi connectivity index (χ1) is 8.43. The standard InChI is InChI=1S/C14H20N2O.2ClH/c1-2-7-16(8-3-1)13-5-4-12-11-15-6-9-17-14(12)10-13;;/h4-5,10,15H,1-3,6-9,11H2;2*1H. The van der Waals surface area contributed by atoms with E-state index in [-0.39, 0.29) is 24.8 Å². The lowest BCUT2D eigenvalue weighted by Gasteiger charge is -2.29. The fourth-order valence-corrected chi connectivity index (χ4v) is 2.63. The molecule has 108 valence electrons. The van der Waals surface area contributed by atoms with Crippen LogP contribution in [0.2, 0.25) is 0 Å². The van der Waals surface area contributed by atoms with Crippen molar-refractivity contribution in [2.45, 2.75) is 25.8 Å². The van der Waals surface area contributed by atoms with Gasteiger partial charge >= 0.3 is 0 Å². The van der Waals surface area contributed by atoms with E-state index in [4.69, 9.17) is 4.74 Å². The van der Waals surface area contributed by atoms with Gasteiger partial charge in [-0.15, -0.1) is 24.8 Å². The molecule has 1 N–H and O–H groups in total. The number of rotatable bonds is 1. The summed E-state index contributed by atoms with van der Waals surface area (Å²) in [6.45, 7) is 5.02. The Balaban J connectivity index is 0.000000902. The molecule has 0 saturated carbocycles. The molecular formula is C14H22Cl2N2O. The maximum atomic E-state index is 5.79. The van der Waals surface area contributed by atoms with E-state index in [0.717, 1.165) is 25.4 Å². The highest BCUT2D eigenvalue weighted by atomic mass is 35.5. The highest BCUT2D eigenvalue weighted by molar-refractivity contribution is 5.85. The smallest absolute Gasteiger partial charge is 0.125 e. The highest BCUT2D eigenvalue weighted by Crippen LogP contribution is 2.28. The lowest BCUT2D eigenvalue weighted by molar-refractivity contribution is 0.325. The Hall–Kier alpha value is -0.640. The molecule has 0 unspecified atom stereocenters. The second-order valence-corrected chi connectivity index (χ2v) is 4.86. The molecule has 2 aliphatic rings. The van der Waals surface area contributed by atoms with E-state index in [0.29, 0.717) is 0 Å². The summed E-state index contributed by atoms with van der Waals surface area (Å²) in [7, 11) is 0. The van der Waals surface area contributed by atoms with Gasteiger partial charge in [-0.3, -0.25) is 0 Å². The van der Waals surface area contributed by atoms with Crippen LogP contribution in [-0.2, 0) is 6.54 Å². The number of piperidine rings is 1. The number of nitrogens with one attached hydrogen (secondary N) is 1. The van der Waals surface area contributed by atoms with Gasteiger partial charge in [0.05, 0.1) is 0 Å². The van der Waals surface area contributed by atoms with Gasteiger partial charge in [0.2, 0.25) is 0 Å². The SMILES string of the molecule is Cl.Cl.c1cc2c(cc1N1CCCCC1)OCCNC2. The molecule has 1 saturated heterocycles. The van der Waals surface area contributed by atoms with Crippen LogP contribution >= 0.6 is 24.8 Å². The number of fused-ring (bicyclic) bond motifs is 1. The van der Waals surface area contributed by atoms with Gasteiger partial charge in [0, 0.05) is 43.5 Å². The molecule has 5 heteroatoms. The van der Waals surface area contributed by atoms with Gasteiger partial charge in [-0.05, 0) is 25.3 Å². The maximum absolute atomic E-state index is 5.79. The predicted octanol–water partition coefficient (Wildman–Crippen LogP) is 3.00. The van der Waals surface area contributed by atoms with E-state index in [1.807, 2.05) is 0 Å². The number of anilines is 1. The van der Waals surface area contributed by atoms with Gasteiger partial charge in [-0.25, -0.2) is 0 Å². The molecule has 1 aromatic carbocycles. The molecule has 1 fully saturated rings. The number of halogens is 2. The van der Waals surface area contributed by atoms with Gasteiger partial charge in [0.25, 0.3) is 0 Å². The van der Waals surface area contributed by atoms with Crippen LogP contribution in [0, 0.1) is 0 Å². The summed E-state index contributed by atoms with van der Waals surface area (Å²) in [4.78, 5) is 2.48. The average molecular weight is 305 g/mol. The molecule has 0 bridgehead atoms. The Morgan fingerprint density at radius 3 is 2.63 bits per heavy atom. The van der Waals surface area contributed by atoms with E-state index < -0.39 is 0 Å². The number of nitrogens with zero attached hydrogens (tertiary/aromatic N) is 1. The number of hydrogen-bond acceptors (Lipinski definition) is 3. The van der Waals surface area contributed by atoms with Crippen LogP contribution in [0.4, 0.5) is 5.69 Å². The van der Waals surface area contributed by atoms with Gasteiger partial charge in [0.15, 0.2) is 0 Å². The molecule has 19 heavy (non-hydrogen) atoms. The molecule has 2 aliphatic heterocycles. The van der Waals surface area contributed by atoms with Crippen molar-refractivity contribution >= 4 is 30.5 Å². The first kappa shape index (κ1) is 16.4. The zero-order valence-electron chi connectivity index (χ0n) is 11.1.